The summed E-state index contributed by atoms with van der Waals surface area (Å²) in [4.78, 5) is 4.39. The van der Waals surface area contributed by atoms with Crippen molar-refractivity contribution in [3.63, 3.8) is 0 Å². The molecule has 1 aromatic rings. The first-order valence-electron chi connectivity index (χ1n) is 8.07. The van der Waals surface area contributed by atoms with Gasteiger partial charge in [0.05, 0.1) is 12.8 Å². The summed E-state index contributed by atoms with van der Waals surface area (Å²) in [5.41, 5.74) is 1.20. The zero-order valence-electron chi connectivity index (χ0n) is 14.6. The number of guanidine groups is 1. The van der Waals surface area contributed by atoms with E-state index in [2.05, 4.69) is 20.3 Å². The highest BCUT2D eigenvalue weighted by atomic mass is 32.2. The maximum absolute atomic E-state index is 11.0. The van der Waals surface area contributed by atoms with E-state index in [1.54, 1.807) is 0 Å². The molecule has 7 nitrogen and oxygen atoms in total. The highest BCUT2D eigenvalue weighted by Gasteiger charge is 2.00. The first-order chi connectivity index (χ1) is 11.4. The zero-order valence-corrected chi connectivity index (χ0v) is 15.4. The summed E-state index contributed by atoms with van der Waals surface area (Å²) in [7, 11) is -3.13. The Morgan fingerprint density at radius 3 is 2.50 bits per heavy atom. The Balaban J connectivity index is 2.26. The number of ether oxygens (including phenoxy) is 1. The summed E-state index contributed by atoms with van der Waals surface area (Å²) >= 11 is 0. The predicted octanol–water partition coefficient (Wildman–Crippen LogP) is 0.868. The minimum Gasteiger partial charge on any atom is -0.492 e. The lowest BCUT2D eigenvalue weighted by Gasteiger charge is -2.12. The lowest BCUT2D eigenvalue weighted by atomic mass is 10.2. The van der Waals surface area contributed by atoms with E-state index in [1.807, 2.05) is 38.1 Å². The Bertz CT molecular complexity index is 600. The van der Waals surface area contributed by atoms with Crippen LogP contribution in [-0.2, 0) is 10.0 Å². The van der Waals surface area contributed by atoms with Crippen molar-refractivity contribution in [2.24, 2.45) is 4.99 Å². The van der Waals surface area contributed by atoms with Gasteiger partial charge in [-0.2, -0.15) is 0 Å². The van der Waals surface area contributed by atoms with E-state index < -0.39 is 10.0 Å². The third-order valence-electron chi connectivity index (χ3n) is 3.00. The standard InChI is InChI=1S/C16H28N4O3S/c1-4-17-16(18-10-5-11-20-24(3,21)22)19-12-13-23-15-8-6-14(2)7-9-15/h6-9,20H,4-5,10-13H2,1-3H3,(H2,17,18,19). The molecule has 8 heteroatoms. The number of hydrogen-bond acceptors (Lipinski definition) is 4. The van der Waals surface area contributed by atoms with Crippen LogP contribution in [0.15, 0.2) is 29.3 Å². The summed E-state index contributed by atoms with van der Waals surface area (Å²) in [6.45, 7) is 6.87. The molecule has 1 rings (SSSR count). The number of nitrogens with one attached hydrogen (secondary N) is 3. The molecule has 0 aliphatic rings. The summed E-state index contributed by atoms with van der Waals surface area (Å²) in [5, 5.41) is 6.33. The highest BCUT2D eigenvalue weighted by molar-refractivity contribution is 7.88. The number of benzene rings is 1. The fraction of sp³-hybridized carbons (Fsp3) is 0.562. The monoisotopic (exact) mass is 356 g/mol. The molecule has 1 aromatic carbocycles. The lowest BCUT2D eigenvalue weighted by molar-refractivity contribution is 0.322. The summed E-state index contributed by atoms with van der Waals surface area (Å²) in [6.07, 6.45) is 1.79. The van der Waals surface area contributed by atoms with Crippen LogP contribution in [0.3, 0.4) is 0 Å². The van der Waals surface area contributed by atoms with Crippen molar-refractivity contribution in [1.82, 2.24) is 15.4 Å². The average molecular weight is 356 g/mol. The van der Waals surface area contributed by atoms with Crippen LogP contribution in [-0.4, -0.2) is 53.4 Å². The first kappa shape index (κ1) is 20.2. The van der Waals surface area contributed by atoms with Crippen LogP contribution in [0.5, 0.6) is 5.75 Å². The largest absolute Gasteiger partial charge is 0.492 e. The molecule has 136 valence electrons. The van der Waals surface area contributed by atoms with Gasteiger partial charge < -0.3 is 15.4 Å². The normalized spacial score (nSPS) is 12.0. The molecule has 0 bridgehead atoms. The fourth-order valence-electron chi connectivity index (χ4n) is 1.84. The second-order valence-corrected chi connectivity index (χ2v) is 7.20. The quantitative estimate of drug-likeness (QED) is 0.329. The molecule has 0 spiro atoms. The zero-order chi connectivity index (χ0) is 17.8. The average Bonchev–Trinajstić information content (AvgIpc) is 2.51. The van der Waals surface area contributed by atoms with Crippen molar-refractivity contribution in [3.8, 4) is 5.75 Å². The van der Waals surface area contributed by atoms with Gasteiger partial charge in [-0.1, -0.05) is 17.7 Å². The maximum atomic E-state index is 11.0. The Hall–Kier alpha value is -1.80. The minimum absolute atomic E-state index is 0.387. The molecule has 0 aliphatic carbocycles. The van der Waals surface area contributed by atoms with E-state index in [9.17, 15) is 8.42 Å². The van der Waals surface area contributed by atoms with Crippen molar-refractivity contribution < 1.29 is 13.2 Å². The van der Waals surface area contributed by atoms with Crippen LogP contribution in [0.1, 0.15) is 18.9 Å². The topological polar surface area (TPSA) is 91.8 Å². The van der Waals surface area contributed by atoms with Crippen LogP contribution >= 0.6 is 0 Å². The molecule has 0 aliphatic heterocycles. The van der Waals surface area contributed by atoms with E-state index in [0.29, 0.717) is 38.6 Å². The van der Waals surface area contributed by atoms with Crippen molar-refractivity contribution in [3.05, 3.63) is 29.8 Å². The summed E-state index contributed by atoms with van der Waals surface area (Å²) in [5.74, 6) is 1.54. The lowest BCUT2D eigenvalue weighted by Crippen LogP contribution is -2.39. The Kier molecular flexibility index (Phi) is 9.18. The molecular weight excluding hydrogens is 328 g/mol. The van der Waals surface area contributed by atoms with Gasteiger partial charge in [-0.05, 0) is 32.4 Å². The van der Waals surface area contributed by atoms with E-state index in [4.69, 9.17) is 4.74 Å². The van der Waals surface area contributed by atoms with Crippen molar-refractivity contribution >= 4 is 16.0 Å². The number of aryl methyl sites for hydroxylation is 1. The molecular formula is C16H28N4O3S. The third kappa shape index (κ3) is 10.1. The van der Waals surface area contributed by atoms with Crippen molar-refractivity contribution in [2.45, 2.75) is 20.3 Å². The van der Waals surface area contributed by atoms with Crippen LogP contribution in [0.25, 0.3) is 0 Å². The minimum atomic E-state index is -3.13. The predicted molar refractivity (Wildman–Crippen MR) is 98.1 cm³/mol. The first-order valence-corrected chi connectivity index (χ1v) is 9.96. The van der Waals surface area contributed by atoms with Gasteiger partial charge in [-0.15, -0.1) is 0 Å². The van der Waals surface area contributed by atoms with Crippen LogP contribution in [0.4, 0.5) is 0 Å². The van der Waals surface area contributed by atoms with E-state index in [-0.39, 0.29) is 0 Å². The van der Waals surface area contributed by atoms with Crippen LogP contribution in [0, 0.1) is 6.92 Å². The molecule has 0 atom stereocenters. The highest BCUT2D eigenvalue weighted by Crippen LogP contribution is 2.10. The molecule has 0 amide bonds. The Morgan fingerprint density at radius 1 is 1.17 bits per heavy atom. The Labute approximate surface area is 145 Å². The second-order valence-electron chi connectivity index (χ2n) is 5.37. The van der Waals surface area contributed by atoms with Gasteiger partial charge in [0, 0.05) is 19.6 Å². The van der Waals surface area contributed by atoms with Gasteiger partial charge >= 0.3 is 0 Å². The van der Waals surface area contributed by atoms with Gasteiger partial charge in [-0.25, -0.2) is 13.1 Å². The molecule has 0 saturated carbocycles. The molecule has 0 unspecified atom stereocenters. The van der Waals surface area contributed by atoms with Crippen LogP contribution in [0.2, 0.25) is 0 Å². The molecule has 24 heavy (non-hydrogen) atoms. The van der Waals surface area contributed by atoms with Gasteiger partial charge in [0.25, 0.3) is 0 Å². The number of rotatable bonds is 10. The molecule has 3 N–H and O–H groups in total. The molecule has 0 saturated heterocycles. The molecule has 0 fully saturated rings. The number of sulfonamides is 1. The van der Waals surface area contributed by atoms with Crippen LogP contribution < -0.4 is 20.1 Å². The van der Waals surface area contributed by atoms with Gasteiger partial charge in [0.2, 0.25) is 10.0 Å². The van der Waals surface area contributed by atoms with E-state index in [1.165, 1.54) is 5.56 Å². The van der Waals surface area contributed by atoms with Crippen molar-refractivity contribution in [1.29, 1.82) is 0 Å². The second kappa shape index (κ2) is 10.9. The van der Waals surface area contributed by atoms with Crippen molar-refractivity contribution in [2.75, 3.05) is 39.0 Å². The number of aliphatic imine (C=N–C) groups is 1. The number of nitrogens with zero attached hydrogens (tertiary/aromatic N) is 1. The maximum Gasteiger partial charge on any atom is 0.208 e. The smallest absolute Gasteiger partial charge is 0.208 e. The third-order valence-corrected chi connectivity index (χ3v) is 3.73. The fourth-order valence-corrected chi connectivity index (χ4v) is 2.36. The summed E-state index contributed by atoms with van der Waals surface area (Å²) in [6, 6.07) is 7.92. The van der Waals surface area contributed by atoms with E-state index in [0.717, 1.165) is 18.6 Å². The number of hydrogen-bond donors (Lipinski definition) is 3. The molecule has 0 heterocycles. The van der Waals surface area contributed by atoms with Gasteiger partial charge in [-0.3, -0.25) is 4.99 Å². The van der Waals surface area contributed by atoms with Gasteiger partial charge in [0.1, 0.15) is 12.4 Å². The Morgan fingerprint density at radius 2 is 1.88 bits per heavy atom. The summed E-state index contributed by atoms with van der Waals surface area (Å²) < 4.78 is 30.0. The SMILES string of the molecule is CCNC(=NCCCNS(C)(=O)=O)NCCOc1ccc(C)cc1. The van der Waals surface area contributed by atoms with Gasteiger partial charge in [0.15, 0.2) is 5.96 Å². The molecule has 0 aromatic heterocycles. The molecule has 0 radical (unpaired) electrons. The van der Waals surface area contributed by atoms with E-state index >= 15 is 0 Å².